The van der Waals surface area contributed by atoms with Crippen molar-refractivity contribution in [3.63, 3.8) is 0 Å². The summed E-state index contributed by atoms with van der Waals surface area (Å²) >= 11 is 1.44. The van der Waals surface area contributed by atoms with Gasteiger partial charge in [-0.15, -0.1) is 0 Å². The molecule has 0 bridgehead atoms. The predicted octanol–water partition coefficient (Wildman–Crippen LogP) is 2.56. The highest BCUT2D eigenvalue weighted by Gasteiger charge is 2.17. The smallest absolute Gasteiger partial charge is 0.231 e. The zero-order chi connectivity index (χ0) is 15.1. The lowest BCUT2D eigenvalue weighted by molar-refractivity contribution is -0.119. The minimum absolute atomic E-state index is 0.00658. The van der Waals surface area contributed by atoms with Gasteiger partial charge in [0.1, 0.15) is 5.82 Å². The average Bonchev–Trinajstić information content (AvgIpc) is 2.92. The Balaban J connectivity index is 1.91. The van der Waals surface area contributed by atoms with E-state index >= 15 is 0 Å². The summed E-state index contributed by atoms with van der Waals surface area (Å²) in [6.07, 6.45) is 7.25. The Hall–Kier alpha value is -1.82. The standard InChI is InChI=1S/C15H20N4OS/c1-3-6-12(15-17-9-10-19(15)2)18-13(20)11-21-14-7-4-5-8-16-14/h4-5,7-10,12H,3,6,11H2,1-2H3,(H,18,20)/t12-/m0/s1. The molecule has 2 heterocycles. The Labute approximate surface area is 129 Å². The molecule has 2 rings (SSSR count). The number of carbonyl (C=O) groups excluding carboxylic acids is 1. The fourth-order valence-electron chi connectivity index (χ4n) is 2.08. The molecule has 0 radical (unpaired) electrons. The van der Waals surface area contributed by atoms with Crippen LogP contribution in [-0.2, 0) is 11.8 Å². The van der Waals surface area contributed by atoms with E-state index in [1.165, 1.54) is 11.8 Å². The molecule has 1 N–H and O–H groups in total. The Morgan fingerprint density at radius 2 is 2.24 bits per heavy atom. The molecule has 0 aromatic carbocycles. The maximum Gasteiger partial charge on any atom is 0.231 e. The van der Waals surface area contributed by atoms with Crippen LogP contribution in [0.3, 0.4) is 0 Å². The second-order valence-electron chi connectivity index (χ2n) is 4.76. The van der Waals surface area contributed by atoms with Crippen molar-refractivity contribution in [2.24, 2.45) is 7.05 Å². The molecule has 1 amide bonds. The van der Waals surface area contributed by atoms with E-state index in [1.54, 1.807) is 12.4 Å². The quantitative estimate of drug-likeness (QED) is 0.799. The largest absolute Gasteiger partial charge is 0.345 e. The van der Waals surface area contributed by atoms with Gasteiger partial charge in [0.15, 0.2) is 0 Å². The van der Waals surface area contributed by atoms with Crippen LogP contribution in [0, 0.1) is 0 Å². The van der Waals surface area contributed by atoms with Gasteiger partial charge in [-0.1, -0.05) is 31.2 Å². The summed E-state index contributed by atoms with van der Waals surface area (Å²) in [5, 5.41) is 3.92. The highest BCUT2D eigenvalue weighted by Crippen LogP contribution is 2.18. The van der Waals surface area contributed by atoms with E-state index in [0.717, 1.165) is 23.7 Å². The van der Waals surface area contributed by atoms with Crippen molar-refractivity contribution in [2.75, 3.05) is 5.75 Å². The van der Waals surface area contributed by atoms with E-state index < -0.39 is 0 Å². The van der Waals surface area contributed by atoms with Crippen LogP contribution in [0.2, 0.25) is 0 Å². The van der Waals surface area contributed by atoms with Gasteiger partial charge >= 0.3 is 0 Å². The fourth-order valence-corrected chi connectivity index (χ4v) is 2.75. The maximum atomic E-state index is 12.1. The summed E-state index contributed by atoms with van der Waals surface area (Å²) in [4.78, 5) is 20.6. The van der Waals surface area contributed by atoms with Crippen molar-refractivity contribution in [3.8, 4) is 0 Å². The highest BCUT2D eigenvalue weighted by molar-refractivity contribution is 7.99. The van der Waals surface area contributed by atoms with Gasteiger partial charge in [0.2, 0.25) is 5.91 Å². The molecule has 0 aliphatic rings. The first-order valence-corrected chi connectivity index (χ1v) is 7.99. The number of aromatic nitrogens is 3. The van der Waals surface area contributed by atoms with Gasteiger partial charge in [0, 0.05) is 25.6 Å². The molecule has 0 saturated carbocycles. The van der Waals surface area contributed by atoms with E-state index in [0.29, 0.717) is 5.75 Å². The van der Waals surface area contributed by atoms with E-state index in [-0.39, 0.29) is 11.9 Å². The summed E-state index contributed by atoms with van der Waals surface area (Å²) < 4.78 is 1.95. The molecule has 0 saturated heterocycles. The predicted molar refractivity (Wildman–Crippen MR) is 84.0 cm³/mol. The second-order valence-corrected chi connectivity index (χ2v) is 5.76. The molecule has 0 unspecified atom stereocenters. The highest BCUT2D eigenvalue weighted by atomic mass is 32.2. The molecule has 0 fully saturated rings. The van der Waals surface area contributed by atoms with Gasteiger partial charge in [-0.25, -0.2) is 9.97 Å². The first-order valence-electron chi connectivity index (χ1n) is 7.01. The monoisotopic (exact) mass is 304 g/mol. The molecule has 5 nitrogen and oxygen atoms in total. The number of carbonyl (C=O) groups is 1. The third kappa shape index (κ3) is 4.60. The molecule has 1 atom stereocenters. The number of nitrogens with one attached hydrogen (secondary N) is 1. The molecule has 2 aromatic heterocycles. The van der Waals surface area contributed by atoms with Crippen molar-refractivity contribution >= 4 is 17.7 Å². The summed E-state index contributed by atoms with van der Waals surface area (Å²) in [6, 6.07) is 5.65. The normalized spacial score (nSPS) is 12.1. The van der Waals surface area contributed by atoms with Crippen LogP contribution in [0.4, 0.5) is 0 Å². The van der Waals surface area contributed by atoms with Crippen LogP contribution in [0.5, 0.6) is 0 Å². The number of rotatable bonds is 7. The molecular weight excluding hydrogens is 284 g/mol. The summed E-state index contributed by atoms with van der Waals surface area (Å²) in [6.45, 7) is 2.10. The van der Waals surface area contributed by atoms with E-state index in [1.807, 2.05) is 36.0 Å². The zero-order valence-electron chi connectivity index (χ0n) is 12.3. The third-order valence-corrected chi connectivity index (χ3v) is 4.02. The molecule has 21 heavy (non-hydrogen) atoms. The number of amides is 1. The van der Waals surface area contributed by atoms with Crippen molar-refractivity contribution < 1.29 is 4.79 Å². The first kappa shape index (κ1) is 15.6. The van der Waals surface area contributed by atoms with Crippen molar-refractivity contribution in [1.29, 1.82) is 0 Å². The fraction of sp³-hybridized carbons (Fsp3) is 0.400. The molecular formula is C15H20N4OS. The lowest BCUT2D eigenvalue weighted by atomic mass is 10.1. The van der Waals surface area contributed by atoms with E-state index in [4.69, 9.17) is 0 Å². The molecule has 112 valence electrons. The Kier molecular flexibility index (Phi) is 5.80. The third-order valence-electron chi connectivity index (χ3n) is 3.07. The van der Waals surface area contributed by atoms with Crippen LogP contribution >= 0.6 is 11.8 Å². The Morgan fingerprint density at radius 3 is 2.86 bits per heavy atom. The van der Waals surface area contributed by atoms with E-state index in [9.17, 15) is 4.79 Å². The van der Waals surface area contributed by atoms with Crippen LogP contribution in [-0.4, -0.2) is 26.2 Å². The summed E-state index contributed by atoms with van der Waals surface area (Å²) in [7, 11) is 1.94. The first-order chi connectivity index (χ1) is 10.2. The van der Waals surface area contributed by atoms with Gasteiger partial charge in [-0.05, 0) is 18.6 Å². The second kappa shape index (κ2) is 7.83. The van der Waals surface area contributed by atoms with Crippen molar-refractivity contribution in [3.05, 3.63) is 42.6 Å². The maximum absolute atomic E-state index is 12.1. The van der Waals surface area contributed by atoms with Gasteiger partial charge < -0.3 is 9.88 Å². The number of hydrogen-bond donors (Lipinski definition) is 1. The Bertz CT molecular complexity index is 570. The molecule has 0 spiro atoms. The Morgan fingerprint density at radius 1 is 1.38 bits per heavy atom. The van der Waals surface area contributed by atoms with Crippen LogP contribution in [0.1, 0.15) is 31.6 Å². The summed E-state index contributed by atoms with van der Waals surface area (Å²) in [5.41, 5.74) is 0. The minimum atomic E-state index is -0.0353. The molecule has 6 heteroatoms. The van der Waals surface area contributed by atoms with Crippen molar-refractivity contribution in [2.45, 2.75) is 30.8 Å². The number of thioether (sulfide) groups is 1. The average molecular weight is 304 g/mol. The number of nitrogens with zero attached hydrogens (tertiary/aromatic N) is 3. The van der Waals surface area contributed by atoms with Crippen LogP contribution in [0.25, 0.3) is 0 Å². The van der Waals surface area contributed by atoms with Gasteiger partial charge in [-0.3, -0.25) is 4.79 Å². The van der Waals surface area contributed by atoms with Gasteiger partial charge in [0.25, 0.3) is 0 Å². The SMILES string of the molecule is CCC[C@H](NC(=O)CSc1ccccn1)c1nccn1C. The lowest BCUT2D eigenvalue weighted by Gasteiger charge is -2.17. The number of imidazole rings is 1. The van der Waals surface area contributed by atoms with Gasteiger partial charge in [-0.2, -0.15) is 0 Å². The molecule has 0 aliphatic heterocycles. The summed E-state index contributed by atoms with van der Waals surface area (Å²) in [5.74, 6) is 1.27. The number of hydrogen-bond acceptors (Lipinski definition) is 4. The number of aryl methyl sites for hydroxylation is 1. The van der Waals surface area contributed by atoms with Crippen LogP contribution < -0.4 is 5.32 Å². The van der Waals surface area contributed by atoms with E-state index in [2.05, 4.69) is 22.2 Å². The molecule has 0 aliphatic carbocycles. The number of pyridine rings is 1. The minimum Gasteiger partial charge on any atom is -0.345 e. The lowest BCUT2D eigenvalue weighted by Crippen LogP contribution is -2.31. The van der Waals surface area contributed by atoms with Gasteiger partial charge in [0.05, 0.1) is 16.8 Å². The van der Waals surface area contributed by atoms with Crippen LogP contribution in [0.15, 0.2) is 41.8 Å². The zero-order valence-corrected chi connectivity index (χ0v) is 13.1. The topological polar surface area (TPSA) is 59.8 Å². The van der Waals surface area contributed by atoms with Crippen molar-refractivity contribution in [1.82, 2.24) is 19.9 Å². The molecule has 2 aromatic rings.